The Labute approximate surface area is 123 Å². The summed E-state index contributed by atoms with van der Waals surface area (Å²) in [5.74, 6) is 0.612. The molecule has 0 aromatic carbocycles. The first kappa shape index (κ1) is 13.8. The zero-order valence-corrected chi connectivity index (χ0v) is 12.0. The SMILES string of the molecule is NC=Nc1cc(Cl)c(C2CCC3(CC2)OCCO3)cn1. The Bertz CT molecular complexity index is 505. The van der Waals surface area contributed by atoms with Gasteiger partial charge in [-0.05, 0) is 24.3 Å². The maximum Gasteiger partial charge on any atom is 0.168 e. The number of hydrogen-bond donors (Lipinski definition) is 1. The van der Waals surface area contributed by atoms with Gasteiger partial charge in [-0.3, -0.25) is 0 Å². The van der Waals surface area contributed by atoms with Gasteiger partial charge in [0.1, 0.15) is 0 Å². The van der Waals surface area contributed by atoms with Gasteiger partial charge in [0, 0.05) is 30.1 Å². The number of rotatable bonds is 2. The Kier molecular flexibility index (Phi) is 3.92. The first-order valence-electron chi connectivity index (χ1n) is 6.90. The molecule has 3 rings (SSSR count). The highest BCUT2D eigenvalue weighted by Crippen LogP contribution is 2.43. The van der Waals surface area contributed by atoms with Crippen LogP contribution in [0.5, 0.6) is 0 Å². The van der Waals surface area contributed by atoms with E-state index in [4.69, 9.17) is 26.8 Å². The second kappa shape index (κ2) is 5.68. The number of nitrogens with two attached hydrogens (primary N) is 1. The lowest BCUT2D eigenvalue weighted by Gasteiger charge is -2.35. The summed E-state index contributed by atoms with van der Waals surface area (Å²) in [7, 11) is 0. The summed E-state index contributed by atoms with van der Waals surface area (Å²) in [6.45, 7) is 1.41. The van der Waals surface area contributed by atoms with Crippen molar-refractivity contribution in [3.63, 3.8) is 0 Å². The Hall–Kier alpha value is -1.17. The van der Waals surface area contributed by atoms with E-state index in [9.17, 15) is 0 Å². The molecule has 0 unspecified atom stereocenters. The Morgan fingerprint density at radius 1 is 1.35 bits per heavy atom. The lowest BCUT2D eigenvalue weighted by molar-refractivity contribution is -0.178. The van der Waals surface area contributed by atoms with Crippen molar-refractivity contribution in [2.45, 2.75) is 37.4 Å². The molecule has 1 spiro atoms. The van der Waals surface area contributed by atoms with E-state index in [2.05, 4.69) is 9.98 Å². The van der Waals surface area contributed by atoms with E-state index in [1.807, 2.05) is 6.20 Å². The van der Waals surface area contributed by atoms with Crippen LogP contribution >= 0.6 is 11.6 Å². The molecular weight excluding hydrogens is 278 g/mol. The molecular formula is C14H18ClN3O2. The van der Waals surface area contributed by atoms with Gasteiger partial charge in [-0.15, -0.1) is 0 Å². The van der Waals surface area contributed by atoms with Crippen LogP contribution in [0, 0.1) is 0 Å². The standard InChI is InChI=1S/C14H18ClN3O2/c15-12-7-13(18-9-16)17-8-11(12)10-1-3-14(4-2-10)19-5-6-20-14/h7-10H,1-6H2,(H2,16,17,18). The second-order valence-electron chi connectivity index (χ2n) is 5.22. The normalized spacial score (nSPS) is 22.9. The molecule has 1 saturated heterocycles. The van der Waals surface area contributed by atoms with Crippen molar-refractivity contribution in [1.29, 1.82) is 0 Å². The molecule has 0 amide bonds. The molecule has 108 valence electrons. The number of aliphatic imine (C=N–C) groups is 1. The van der Waals surface area contributed by atoms with Crippen LogP contribution in [0.1, 0.15) is 37.2 Å². The minimum Gasteiger partial charge on any atom is -0.390 e. The van der Waals surface area contributed by atoms with Crippen LogP contribution in [-0.2, 0) is 9.47 Å². The molecule has 0 radical (unpaired) electrons. The molecule has 6 heteroatoms. The van der Waals surface area contributed by atoms with E-state index in [0.717, 1.165) is 31.2 Å². The molecule has 5 nitrogen and oxygen atoms in total. The van der Waals surface area contributed by atoms with E-state index in [1.54, 1.807) is 6.07 Å². The van der Waals surface area contributed by atoms with Gasteiger partial charge < -0.3 is 15.2 Å². The number of hydrogen-bond acceptors (Lipinski definition) is 4. The lowest BCUT2D eigenvalue weighted by Crippen LogP contribution is -2.34. The largest absolute Gasteiger partial charge is 0.390 e. The second-order valence-corrected chi connectivity index (χ2v) is 5.63. The predicted molar refractivity (Wildman–Crippen MR) is 77.4 cm³/mol. The average Bonchev–Trinajstić information content (AvgIpc) is 2.89. The van der Waals surface area contributed by atoms with Crippen molar-refractivity contribution >= 4 is 23.8 Å². The van der Waals surface area contributed by atoms with Crippen molar-refractivity contribution in [2.75, 3.05) is 13.2 Å². The Balaban J connectivity index is 1.71. The highest BCUT2D eigenvalue weighted by atomic mass is 35.5. The third-order valence-corrected chi connectivity index (χ3v) is 4.40. The van der Waals surface area contributed by atoms with Crippen molar-refractivity contribution in [3.8, 4) is 0 Å². The molecule has 1 aromatic rings. The van der Waals surface area contributed by atoms with Crippen LogP contribution in [-0.4, -0.2) is 30.3 Å². The number of ether oxygens (including phenoxy) is 2. The number of nitrogens with zero attached hydrogens (tertiary/aromatic N) is 2. The van der Waals surface area contributed by atoms with E-state index in [0.29, 0.717) is 30.0 Å². The molecule has 2 N–H and O–H groups in total. The molecule has 2 fully saturated rings. The molecule has 2 aliphatic rings. The molecule has 20 heavy (non-hydrogen) atoms. The van der Waals surface area contributed by atoms with Gasteiger partial charge in [-0.2, -0.15) is 0 Å². The molecule has 1 aromatic heterocycles. The summed E-state index contributed by atoms with van der Waals surface area (Å²) in [4.78, 5) is 8.20. The van der Waals surface area contributed by atoms with Crippen molar-refractivity contribution in [1.82, 2.24) is 4.98 Å². The smallest absolute Gasteiger partial charge is 0.168 e. The quantitative estimate of drug-likeness (QED) is 0.673. The van der Waals surface area contributed by atoms with Gasteiger partial charge in [-0.25, -0.2) is 9.98 Å². The molecule has 1 saturated carbocycles. The molecule has 1 aliphatic heterocycles. The van der Waals surface area contributed by atoms with E-state index < -0.39 is 0 Å². The van der Waals surface area contributed by atoms with Gasteiger partial charge in [0.25, 0.3) is 0 Å². The fourth-order valence-electron chi connectivity index (χ4n) is 3.03. The van der Waals surface area contributed by atoms with Crippen LogP contribution in [0.15, 0.2) is 17.3 Å². The van der Waals surface area contributed by atoms with Crippen LogP contribution in [0.4, 0.5) is 5.82 Å². The molecule has 0 bridgehead atoms. The summed E-state index contributed by atoms with van der Waals surface area (Å²) in [5.41, 5.74) is 6.33. The van der Waals surface area contributed by atoms with Crippen LogP contribution < -0.4 is 5.73 Å². The van der Waals surface area contributed by atoms with Crippen molar-refractivity contribution < 1.29 is 9.47 Å². The highest BCUT2D eigenvalue weighted by molar-refractivity contribution is 6.31. The van der Waals surface area contributed by atoms with Crippen LogP contribution in [0.25, 0.3) is 0 Å². The zero-order chi connectivity index (χ0) is 14.0. The van der Waals surface area contributed by atoms with Gasteiger partial charge in [-0.1, -0.05) is 11.6 Å². The van der Waals surface area contributed by atoms with Crippen molar-refractivity contribution in [3.05, 3.63) is 22.8 Å². The van der Waals surface area contributed by atoms with Crippen LogP contribution in [0.3, 0.4) is 0 Å². The summed E-state index contributed by atoms with van der Waals surface area (Å²) in [5, 5.41) is 0.704. The molecule has 2 heterocycles. The third kappa shape index (κ3) is 2.66. The fourth-order valence-corrected chi connectivity index (χ4v) is 3.33. The monoisotopic (exact) mass is 295 g/mol. The number of pyridine rings is 1. The van der Waals surface area contributed by atoms with E-state index in [-0.39, 0.29) is 5.79 Å². The minimum atomic E-state index is -0.333. The van der Waals surface area contributed by atoms with Gasteiger partial charge in [0.15, 0.2) is 11.6 Å². The number of halogens is 1. The van der Waals surface area contributed by atoms with E-state index >= 15 is 0 Å². The summed E-state index contributed by atoms with van der Waals surface area (Å²) in [6, 6.07) is 1.76. The van der Waals surface area contributed by atoms with Crippen LogP contribution in [0.2, 0.25) is 5.02 Å². The fraction of sp³-hybridized carbons (Fsp3) is 0.571. The summed E-state index contributed by atoms with van der Waals surface area (Å²) >= 11 is 6.33. The predicted octanol–water partition coefficient (Wildman–Crippen LogP) is 2.75. The third-order valence-electron chi connectivity index (χ3n) is 4.08. The zero-order valence-electron chi connectivity index (χ0n) is 11.2. The Morgan fingerprint density at radius 2 is 2.05 bits per heavy atom. The summed E-state index contributed by atoms with van der Waals surface area (Å²) < 4.78 is 11.5. The first-order chi connectivity index (χ1) is 9.72. The summed E-state index contributed by atoms with van der Waals surface area (Å²) in [6.07, 6.45) is 6.86. The van der Waals surface area contributed by atoms with Gasteiger partial charge >= 0.3 is 0 Å². The maximum atomic E-state index is 6.33. The first-order valence-corrected chi connectivity index (χ1v) is 7.28. The van der Waals surface area contributed by atoms with Crippen molar-refractivity contribution in [2.24, 2.45) is 10.7 Å². The topological polar surface area (TPSA) is 69.7 Å². The highest BCUT2D eigenvalue weighted by Gasteiger charge is 2.40. The van der Waals surface area contributed by atoms with E-state index in [1.165, 1.54) is 6.34 Å². The molecule has 0 atom stereocenters. The molecule has 1 aliphatic carbocycles. The lowest BCUT2D eigenvalue weighted by atomic mass is 9.81. The minimum absolute atomic E-state index is 0.333. The average molecular weight is 296 g/mol. The van der Waals surface area contributed by atoms with Gasteiger partial charge in [0.2, 0.25) is 0 Å². The Morgan fingerprint density at radius 3 is 2.65 bits per heavy atom. The maximum absolute atomic E-state index is 6.33. The number of aromatic nitrogens is 1. The van der Waals surface area contributed by atoms with Gasteiger partial charge in [0.05, 0.1) is 19.6 Å².